The molecule has 0 spiro atoms. The summed E-state index contributed by atoms with van der Waals surface area (Å²) in [5.74, 6) is -0.290. The van der Waals surface area contributed by atoms with E-state index in [1.807, 2.05) is 58.0 Å². The number of nitrogens with zero attached hydrogens (tertiary/aromatic N) is 1. The zero-order valence-corrected chi connectivity index (χ0v) is 18.8. The predicted octanol–water partition coefficient (Wildman–Crippen LogP) is 5.26. The maximum atomic E-state index is 13.3. The van der Waals surface area contributed by atoms with Gasteiger partial charge in [0.15, 0.2) is 0 Å². The molecule has 2 amide bonds. The molecular formula is C23H28Cl2N2O2. The van der Waals surface area contributed by atoms with Crippen LogP contribution in [0.1, 0.15) is 45.2 Å². The number of carbonyl (C=O) groups excluding carboxylic acids is 2. The monoisotopic (exact) mass is 434 g/mol. The van der Waals surface area contributed by atoms with Crippen LogP contribution in [0.2, 0.25) is 10.0 Å². The van der Waals surface area contributed by atoms with Gasteiger partial charge in [-0.3, -0.25) is 9.59 Å². The Kier molecular flexibility index (Phi) is 8.12. The topological polar surface area (TPSA) is 49.4 Å². The van der Waals surface area contributed by atoms with Gasteiger partial charge in [0.1, 0.15) is 6.04 Å². The molecule has 0 heterocycles. The van der Waals surface area contributed by atoms with Gasteiger partial charge in [-0.15, -0.1) is 0 Å². The molecule has 0 aliphatic rings. The average Bonchev–Trinajstić information content (AvgIpc) is 2.64. The first kappa shape index (κ1) is 23.2. The zero-order chi connectivity index (χ0) is 21.6. The quantitative estimate of drug-likeness (QED) is 0.645. The van der Waals surface area contributed by atoms with Gasteiger partial charge in [-0.05, 0) is 50.5 Å². The third-order valence-corrected chi connectivity index (χ3v) is 5.16. The fourth-order valence-electron chi connectivity index (χ4n) is 3.08. The highest BCUT2D eigenvalue weighted by Crippen LogP contribution is 2.23. The van der Waals surface area contributed by atoms with Crippen LogP contribution in [0.25, 0.3) is 0 Å². The molecule has 1 N–H and O–H groups in total. The smallest absolute Gasteiger partial charge is 0.243 e. The van der Waals surface area contributed by atoms with Gasteiger partial charge in [0.05, 0.1) is 16.5 Å². The van der Waals surface area contributed by atoms with Crippen molar-refractivity contribution in [1.29, 1.82) is 0 Å². The van der Waals surface area contributed by atoms with Crippen LogP contribution in [0, 0.1) is 0 Å². The van der Waals surface area contributed by atoms with Crippen molar-refractivity contribution in [1.82, 2.24) is 10.2 Å². The molecule has 0 aliphatic heterocycles. The molecule has 0 bridgehead atoms. The molecule has 2 aromatic rings. The standard InChI is InChI=1S/C23H28Cl2N2O2/c1-5-20(22(29)26-23(2,3)4)27(15-16-9-7-6-8-10-16)21(28)14-17-11-12-18(24)19(25)13-17/h6-13,20H,5,14-15H2,1-4H3,(H,26,29)/t20-/m1/s1. The van der Waals surface area contributed by atoms with Gasteiger partial charge in [-0.2, -0.15) is 0 Å². The summed E-state index contributed by atoms with van der Waals surface area (Å²) >= 11 is 12.1. The van der Waals surface area contributed by atoms with Crippen LogP contribution in [-0.4, -0.2) is 28.3 Å². The van der Waals surface area contributed by atoms with Gasteiger partial charge in [0.25, 0.3) is 0 Å². The van der Waals surface area contributed by atoms with Crippen molar-refractivity contribution in [3.8, 4) is 0 Å². The number of rotatable bonds is 7. The lowest BCUT2D eigenvalue weighted by atomic mass is 10.0. The summed E-state index contributed by atoms with van der Waals surface area (Å²) < 4.78 is 0. The van der Waals surface area contributed by atoms with Gasteiger partial charge < -0.3 is 10.2 Å². The maximum Gasteiger partial charge on any atom is 0.243 e. The largest absolute Gasteiger partial charge is 0.350 e. The van der Waals surface area contributed by atoms with Gasteiger partial charge in [0, 0.05) is 12.1 Å². The number of nitrogens with one attached hydrogen (secondary N) is 1. The molecule has 29 heavy (non-hydrogen) atoms. The second kappa shape index (κ2) is 10.1. The third kappa shape index (κ3) is 7.06. The van der Waals surface area contributed by atoms with E-state index in [4.69, 9.17) is 23.2 Å². The number of halogens is 2. The molecule has 0 aliphatic carbocycles. The first-order valence-electron chi connectivity index (χ1n) is 9.70. The molecule has 2 aromatic carbocycles. The molecular weight excluding hydrogens is 407 g/mol. The summed E-state index contributed by atoms with van der Waals surface area (Å²) in [5.41, 5.74) is 1.35. The molecule has 156 valence electrons. The number of benzene rings is 2. The Labute approximate surface area is 183 Å². The summed E-state index contributed by atoms with van der Waals surface area (Å²) in [7, 11) is 0. The highest BCUT2D eigenvalue weighted by Gasteiger charge is 2.30. The highest BCUT2D eigenvalue weighted by atomic mass is 35.5. The van der Waals surface area contributed by atoms with Gasteiger partial charge in [-0.25, -0.2) is 0 Å². The Morgan fingerprint density at radius 2 is 1.66 bits per heavy atom. The van der Waals surface area contributed by atoms with E-state index < -0.39 is 6.04 Å². The lowest BCUT2D eigenvalue weighted by Crippen LogP contribution is -2.53. The van der Waals surface area contributed by atoms with E-state index in [-0.39, 0.29) is 23.8 Å². The molecule has 0 saturated carbocycles. The Morgan fingerprint density at radius 3 is 2.21 bits per heavy atom. The molecule has 0 fully saturated rings. The predicted molar refractivity (Wildman–Crippen MR) is 119 cm³/mol. The van der Waals surface area contributed by atoms with Gasteiger partial charge in [0.2, 0.25) is 11.8 Å². The zero-order valence-electron chi connectivity index (χ0n) is 17.3. The third-order valence-electron chi connectivity index (χ3n) is 4.42. The minimum atomic E-state index is -0.565. The summed E-state index contributed by atoms with van der Waals surface area (Å²) in [6.07, 6.45) is 0.658. The fourth-order valence-corrected chi connectivity index (χ4v) is 3.40. The molecule has 1 atom stereocenters. The van der Waals surface area contributed by atoms with E-state index in [0.29, 0.717) is 23.0 Å². The van der Waals surface area contributed by atoms with E-state index in [9.17, 15) is 9.59 Å². The van der Waals surface area contributed by atoms with Crippen LogP contribution >= 0.6 is 23.2 Å². The van der Waals surface area contributed by atoms with Crippen LogP contribution < -0.4 is 5.32 Å². The summed E-state index contributed by atoms with van der Waals surface area (Å²) in [5, 5.41) is 3.85. The Hall–Kier alpha value is -2.04. The lowest BCUT2D eigenvalue weighted by molar-refractivity contribution is -0.141. The summed E-state index contributed by atoms with van der Waals surface area (Å²) in [4.78, 5) is 27.8. The van der Waals surface area contributed by atoms with Gasteiger partial charge in [-0.1, -0.05) is 66.5 Å². The summed E-state index contributed by atoms with van der Waals surface area (Å²) in [6, 6.07) is 14.3. The van der Waals surface area contributed by atoms with Crippen LogP contribution in [0.5, 0.6) is 0 Å². The molecule has 4 nitrogen and oxygen atoms in total. The van der Waals surface area contributed by atoms with E-state index >= 15 is 0 Å². The van der Waals surface area contributed by atoms with Crippen molar-refractivity contribution in [2.75, 3.05) is 0 Å². The van der Waals surface area contributed by atoms with E-state index in [1.165, 1.54) is 0 Å². The average molecular weight is 435 g/mol. The Balaban J connectivity index is 2.30. The van der Waals surface area contributed by atoms with E-state index in [2.05, 4.69) is 5.32 Å². The van der Waals surface area contributed by atoms with Crippen molar-refractivity contribution in [3.05, 3.63) is 69.7 Å². The first-order chi connectivity index (χ1) is 13.6. The molecule has 0 radical (unpaired) electrons. The number of amides is 2. The fraction of sp³-hybridized carbons (Fsp3) is 0.391. The van der Waals surface area contributed by atoms with Crippen molar-refractivity contribution in [2.45, 2.75) is 58.7 Å². The van der Waals surface area contributed by atoms with Crippen LogP contribution in [0.15, 0.2) is 48.5 Å². The SMILES string of the molecule is CC[C@H](C(=O)NC(C)(C)C)N(Cc1ccccc1)C(=O)Cc1ccc(Cl)c(Cl)c1. The molecule has 0 unspecified atom stereocenters. The van der Waals surface area contributed by atoms with Gasteiger partial charge >= 0.3 is 0 Å². The number of hydrogen-bond acceptors (Lipinski definition) is 2. The van der Waals surface area contributed by atoms with E-state index in [1.54, 1.807) is 23.1 Å². The van der Waals surface area contributed by atoms with Crippen LogP contribution in [0.3, 0.4) is 0 Å². The second-order valence-electron chi connectivity index (χ2n) is 8.10. The molecule has 6 heteroatoms. The van der Waals surface area contributed by atoms with Crippen LogP contribution in [0.4, 0.5) is 0 Å². The first-order valence-corrected chi connectivity index (χ1v) is 10.5. The summed E-state index contributed by atoms with van der Waals surface area (Å²) in [6.45, 7) is 8.05. The minimum Gasteiger partial charge on any atom is -0.350 e. The van der Waals surface area contributed by atoms with Crippen molar-refractivity contribution >= 4 is 35.0 Å². The van der Waals surface area contributed by atoms with Crippen molar-refractivity contribution in [2.24, 2.45) is 0 Å². The Bertz CT molecular complexity index is 848. The molecule has 0 aromatic heterocycles. The van der Waals surface area contributed by atoms with Crippen molar-refractivity contribution in [3.63, 3.8) is 0 Å². The highest BCUT2D eigenvalue weighted by molar-refractivity contribution is 6.42. The number of hydrogen-bond donors (Lipinski definition) is 1. The second-order valence-corrected chi connectivity index (χ2v) is 8.91. The van der Waals surface area contributed by atoms with Crippen molar-refractivity contribution < 1.29 is 9.59 Å². The molecule has 0 saturated heterocycles. The minimum absolute atomic E-state index is 0.136. The molecule has 2 rings (SSSR count). The van der Waals surface area contributed by atoms with Crippen LogP contribution in [-0.2, 0) is 22.6 Å². The number of carbonyl (C=O) groups is 2. The normalized spacial score (nSPS) is 12.3. The van der Waals surface area contributed by atoms with E-state index in [0.717, 1.165) is 11.1 Å². The maximum absolute atomic E-state index is 13.3. The Morgan fingerprint density at radius 1 is 1.00 bits per heavy atom. The lowest BCUT2D eigenvalue weighted by Gasteiger charge is -2.33.